The number of nitrogens with two attached hydrogens (primary N) is 1. The number of nitrogens with zero attached hydrogens (tertiary/aromatic N) is 1. The van der Waals surface area contributed by atoms with Gasteiger partial charge in [0, 0.05) is 12.1 Å². The molecule has 6 nitrogen and oxygen atoms in total. The summed E-state index contributed by atoms with van der Waals surface area (Å²) >= 11 is 4.86. The Hall–Kier alpha value is -2.17. The molecule has 3 N–H and O–H groups in total. The fourth-order valence-corrected chi connectivity index (χ4v) is 5.14. The molecule has 194 valence electrons. The van der Waals surface area contributed by atoms with Crippen molar-refractivity contribution in [2.45, 2.75) is 70.9 Å². The molecule has 2 aromatic rings. The third kappa shape index (κ3) is 9.57. The van der Waals surface area contributed by atoms with Crippen molar-refractivity contribution in [3.05, 3.63) is 59.2 Å². The molecule has 0 unspecified atom stereocenters. The molecule has 1 fully saturated rings. The molecule has 1 aliphatic rings. The third-order valence-electron chi connectivity index (χ3n) is 7.13. The number of aryl methyl sites for hydroxylation is 1. The SMILES string of the molecule is Cc1ccccc1-c1cc(CN(C)CCC2CCCCC2)ccc1C(=O)N[C@@H](CCC(N)=S)C(=O)[O-].[Li+]. The topological polar surface area (TPSA) is 98.5 Å². The molecule has 0 spiro atoms. The van der Waals surface area contributed by atoms with E-state index in [1.54, 1.807) is 6.07 Å². The number of aliphatic carboxylic acids is 1. The van der Waals surface area contributed by atoms with Gasteiger partial charge in [0.05, 0.1) is 17.0 Å². The number of amides is 1. The van der Waals surface area contributed by atoms with Crippen molar-refractivity contribution in [1.29, 1.82) is 0 Å². The second-order valence-electron chi connectivity index (χ2n) is 10.1. The van der Waals surface area contributed by atoms with Crippen LogP contribution in [0.25, 0.3) is 11.1 Å². The van der Waals surface area contributed by atoms with Gasteiger partial charge in [-0.3, -0.25) is 4.79 Å². The number of nitrogens with one attached hydrogen (secondary N) is 1. The molecular weight excluding hydrogens is 477 g/mol. The number of carbonyl (C=O) groups is 2. The van der Waals surface area contributed by atoms with E-state index >= 15 is 0 Å². The Balaban J connectivity index is 0.00000481. The van der Waals surface area contributed by atoms with Crippen LogP contribution in [0.1, 0.15) is 72.9 Å². The predicted octanol–water partition coefficient (Wildman–Crippen LogP) is 0.983. The van der Waals surface area contributed by atoms with Gasteiger partial charge >= 0.3 is 18.9 Å². The van der Waals surface area contributed by atoms with E-state index in [2.05, 4.69) is 23.3 Å². The summed E-state index contributed by atoms with van der Waals surface area (Å²) < 4.78 is 0. The standard InChI is InChI=1S/C29H39N3O3S.Li/c1-20-8-6-7-11-23(20)25-18-22(19-32(2)17-16-21-9-4-3-5-10-21)12-13-24(25)28(33)31-26(29(34)35)14-15-27(30)36;/h6-8,11-13,18,21,26H,3-5,9-10,14-17,19H2,1-2H3,(H2,30,36)(H,31,33)(H,34,35);/q;+1/p-1/t26-;/m0./s1. The molecule has 37 heavy (non-hydrogen) atoms. The van der Waals surface area contributed by atoms with Crippen molar-refractivity contribution < 1.29 is 33.6 Å². The van der Waals surface area contributed by atoms with Crippen molar-refractivity contribution in [2.75, 3.05) is 13.6 Å². The zero-order valence-corrected chi connectivity index (χ0v) is 23.2. The van der Waals surface area contributed by atoms with Gasteiger partial charge in [-0.25, -0.2) is 0 Å². The Morgan fingerprint density at radius 3 is 2.49 bits per heavy atom. The molecule has 2 aromatic carbocycles. The summed E-state index contributed by atoms with van der Waals surface area (Å²) in [5.41, 5.74) is 9.84. The first kappa shape index (κ1) is 31.0. The summed E-state index contributed by atoms with van der Waals surface area (Å²) in [7, 11) is 2.14. The summed E-state index contributed by atoms with van der Waals surface area (Å²) in [6, 6.07) is 12.5. The van der Waals surface area contributed by atoms with E-state index in [4.69, 9.17) is 18.0 Å². The van der Waals surface area contributed by atoms with Gasteiger partial charge in [0.1, 0.15) is 0 Å². The second kappa shape index (κ2) is 15.3. The second-order valence-corrected chi connectivity index (χ2v) is 10.6. The monoisotopic (exact) mass is 515 g/mol. The summed E-state index contributed by atoms with van der Waals surface area (Å²) in [6.07, 6.45) is 8.30. The summed E-state index contributed by atoms with van der Waals surface area (Å²) in [4.78, 5) is 27.4. The van der Waals surface area contributed by atoms with E-state index in [9.17, 15) is 14.7 Å². The molecular formula is C29H38LiN3O3S. The maximum absolute atomic E-state index is 13.2. The van der Waals surface area contributed by atoms with Gasteiger partial charge in [0.25, 0.3) is 5.91 Å². The van der Waals surface area contributed by atoms with Crippen LogP contribution in [-0.2, 0) is 11.3 Å². The van der Waals surface area contributed by atoms with E-state index in [0.29, 0.717) is 5.56 Å². The van der Waals surface area contributed by atoms with Crippen molar-refractivity contribution >= 4 is 29.1 Å². The molecule has 0 radical (unpaired) electrons. The molecule has 1 saturated carbocycles. The molecule has 0 bridgehead atoms. The van der Waals surface area contributed by atoms with Crippen LogP contribution >= 0.6 is 12.2 Å². The van der Waals surface area contributed by atoms with E-state index in [0.717, 1.165) is 41.3 Å². The van der Waals surface area contributed by atoms with Crippen LogP contribution in [0.15, 0.2) is 42.5 Å². The zero-order valence-electron chi connectivity index (χ0n) is 22.4. The van der Waals surface area contributed by atoms with Gasteiger partial charge in [0.15, 0.2) is 0 Å². The number of benzene rings is 2. The Kier molecular flexibility index (Phi) is 12.8. The average Bonchev–Trinajstić information content (AvgIpc) is 2.85. The molecule has 3 rings (SSSR count). The molecule has 0 aliphatic heterocycles. The van der Waals surface area contributed by atoms with Crippen molar-refractivity contribution in [3.63, 3.8) is 0 Å². The van der Waals surface area contributed by atoms with Crippen molar-refractivity contribution in [2.24, 2.45) is 11.7 Å². The molecule has 8 heteroatoms. The van der Waals surface area contributed by atoms with Crippen LogP contribution in [0, 0.1) is 12.8 Å². The average molecular weight is 516 g/mol. The third-order valence-corrected chi connectivity index (χ3v) is 7.33. The summed E-state index contributed by atoms with van der Waals surface area (Å²) in [6.45, 7) is 3.83. The van der Waals surface area contributed by atoms with Gasteiger partial charge in [-0.05, 0) is 80.1 Å². The number of hydrogen-bond donors (Lipinski definition) is 2. The number of carboxylic acid groups (broad SMARTS) is 1. The maximum Gasteiger partial charge on any atom is 1.00 e. The van der Waals surface area contributed by atoms with Crippen LogP contribution in [-0.4, -0.2) is 41.4 Å². The first-order valence-electron chi connectivity index (χ1n) is 12.9. The van der Waals surface area contributed by atoms with Crippen LogP contribution < -0.4 is 35.0 Å². The number of carboxylic acids is 1. The Bertz CT molecular complexity index is 1070. The number of thiocarbonyl (C=S) groups is 1. The molecule has 1 atom stereocenters. The number of hydrogen-bond acceptors (Lipinski definition) is 5. The maximum atomic E-state index is 13.2. The fourth-order valence-electron chi connectivity index (χ4n) is 5.03. The fraction of sp³-hybridized carbons (Fsp3) is 0.483. The molecule has 0 saturated heterocycles. The van der Waals surface area contributed by atoms with Gasteiger partial charge < -0.3 is 25.9 Å². The molecule has 0 heterocycles. The minimum Gasteiger partial charge on any atom is -0.548 e. The normalized spacial score (nSPS) is 14.6. The molecule has 1 amide bonds. The number of rotatable bonds is 12. The quantitative estimate of drug-likeness (QED) is 0.323. The van der Waals surface area contributed by atoms with Crippen molar-refractivity contribution in [1.82, 2.24) is 10.2 Å². The number of carbonyl (C=O) groups excluding carboxylic acids is 2. The minimum absolute atomic E-state index is 0. The summed E-state index contributed by atoms with van der Waals surface area (Å²) in [5.74, 6) is -0.976. The first-order chi connectivity index (χ1) is 17.2. The van der Waals surface area contributed by atoms with Gasteiger partial charge in [-0.1, -0.05) is 74.7 Å². The predicted molar refractivity (Wildman–Crippen MR) is 146 cm³/mol. The van der Waals surface area contributed by atoms with E-state index in [-0.39, 0.29) is 36.7 Å². The van der Waals surface area contributed by atoms with Crippen LogP contribution in [0.2, 0.25) is 0 Å². The first-order valence-corrected chi connectivity index (χ1v) is 13.3. The Morgan fingerprint density at radius 2 is 1.84 bits per heavy atom. The molecule has 0 aromatic heterocycles. The van der Waals surface area contributed by atoms with E-state index in [1.807, 2.05) is 37.3 Å². The summed E-state index contributed by atoms with van der Waals surface area (Å²) in [5, 5.41) is 14.2. The van der Waals surface area contributed by atoms with Gasteiger partial charge in [0.2, 0.25) is 0 Å². The van der Waals surface area contributed by atoms with Crippen LogP contribution in [0.3, 0.4) is 0 Å². The van der Waals surface area contributed by atoms with Gasteiger partial charge in [-0.15, -0.1) is 0 Å². The van der Waals surface area contributed by atoms with Gasteiger partial charge in [-0.2, -0.15) is 0 Å². The van der Waals surface area contributed by atoms with Crippen molar-refractivity contribution in [3.8, 4) is 11.1 Å². The minimum atomic E-state index is -1.35. The smallest absolute Gasteiger partial charge is 0.548 e. The largest absolute Gasteiger partial charge is 1.00 e. The van der Waals surface area contributed by atoms with Crippen LogP contribution in [0.5, 0.6) is 0 Å². The molecule has 1 aliphatic carbocycles. The van der Waals surface area contributed by atoms with Crippen LogP contribution in [0.4, 0.5) is 0 Å². The Morgan fingerprint density at radius 1 is 1.14 bits per heavy atom. The zero-order chi connectivity index (χ0) is 26.1. The Labute approximate surface area is 238 Å². The van der Waals surface area contributed by atoms with E-state index in [1.165, 1.54) is 38.5 Å². The van der Waals surface area contributed by atoms with E-state index < -0.39 is 17.9 Å².